The quantitative estimate of drug-likeness (QED) is 0.348. The van der Waals surface area contributed by atoms with E-state index in [1.165, 1.54) is 0 Å². The molecule has 0 aliphatic heterocycles. The molecule has 0 N–H and O–H groups in total. The Balaban J connectivity index is 0. The van der Waals surface area contributed by atoms with Gasteiger partial charge in [0, 0.05) is 6.42 Å². The number of hydrogen-bond acceptors (Lipinski definition) is 0. The van der Waals surface area contributed by atoms with Gasteiger partial charge in [-0.25, -0.2) is 0 Å². The molecule has 0 atom stereocenters. The number of rotatable bonds is 0. The van der Waals surface area contributed by atoms with E-state index in [9.17, 15) is 0 Å². The Bertz CT molecular complexity index is 33.4. The second-order valence-corrected chi connectivity index (χ2v) is 0.558. The second kappa shape index (κ2) is 8.84. The van der Waals surface area contributed by atoms with E-state index in [0.717, 1.165) is 6.42 Å². The second-order valence-electron chi connectivity index (χ2n) is 0.558. The maximum atomic E-state index is 4.78. The Labute approximate surface area is 49.9 Å². The van der Waals surface area contributed by atoms with Gasteiger partial charge >= 0.3 is 23.9 Å². The minimum absolute atomic E-state index is 0. The van der Waals surface area contributed by atoms with Crippen LogP contribution in [0.4, 0.5) is 0 Å². The zero-order chi connectivity index (χ0) is 3.41. The Morgan fingerprint density at radius 3 is 2.00 bits per heavy atom. The van der Waals surface area contributed by atoms with Crippen LogP contribution >= 0.6 is 0 Å². The molecule has 0 heterocycles. The predicted octanol–water partition coefficient (Wildman–Crippen LogP) is -0.422. The van der Waals surface area contributed by atoms with Crippen molar-refractivity contribution in [2.24, 2.45) is 0 Å². The molecule has 0 spiro atoms. The van der Waals surface area contributed by atoms with Crippen LogP contribution in [0.2, 0.25) is 0 Å². The van der Waals surface area contributed by atoms with Gasteiger partial charge in [-0.05, 0) is 0 Å². The summed E-state index contributed by atoms with van der Waals surface area (Å²) in [4.78, 5) is 0. The molecule has 0 saturated carbocycles. The first-order chi connectivity index (χ1) is 1.91. The van der Waals surface area contributed by atoms with E-state index >= 15 is 0 Å². The third-order valence-corrected chi connectivity index (χ3v) is 0.204. The monoisotopic (exact) mass is 178 g/mol. The molecular weight excluding hydrogens is 167 g/mol. The first kappa shape index (κ1) is 9.02. The van der Waals surface area contributed by atoms with Gasteiger partial charge in [0.2, 0.25) is 0 Å². The Hall–Kier alpha value is 0.359. The van der Waals surface area contributed by atoms with Crippen LogP contribution in [0.1, 0.15) is 13.3 Å². The third-order valence-electron chi connectivity index (χ3n) is 0.204. The van der Waals surface area contributed by atoms with Gasteiger partial charge in [0.05, 0.1) is 0 Å². The SMILES string of the molecule is C#CCC.[SnH4]. The fourth-order valence-electron chi connectivity index (χ4n) is 0. The first-order valence-corrected chi connectivity index (χ1v) is 1.35. The molecule has 0 radical (unpaired) electrons. The van der Waals surface area contributed by atoms with Crippen LogP contribution in [-0.4, -0.2) is 23.9 Å². The van der Waals surface area contributed by atoms with Crippen LogP contribution in [-0.2, 0) is 0 Å². The van der Waals surface area contributed by atoms with Gasteiger partial charge in [0.15, 0.2) is 0 Å². The van der Waals surface area contributed by atoms with Crippen molar-refractivity contribution in [2.45, 2.75) is 13.3 Å². The van der Waals surface area contributed by atoms with Crippen molar-refractivity contribution in [1.29, 1.82) is 0 Å². The van der Waals surface area contributed by atoms with E-state index in [-0.39, 0.29) is 23.9 Å². The van der Waals surface area contributed by atoms with Crippen molar-refractivity contribution < 1.29 is 0 Å². The molecule has 0 aliphatic carbocycles. The van der Waals surface area contributed by atoms with Gasteiger partial charge in [0.25, 0.3) is 0 Å². The molecule has 0 aromatic heterocycles. The molecule has 0 saturated heterocycles. The van der Waals surface area contributed by atoms with Gasteiger partial charge in [-0.3, -0.25) is 0 Å². The molecule has 0 fully saturated rings. The Morgan fingerprint density at radius 2 is 2.00 bits per heavy atom. The molecule has 0 bridgehead atoms. The fourth-order valence-corrected chi connectivity index (χ4v) is 0. The molecule has 0 nitrogen and oxygen atoms in total. The summed E-state index contributed by atoms with van der Waals surface area (Å²) in [5.74, 6) is 2.43. The molecule has 30 valence electrons. The van der Waals surface area contributed by atoms with Gasteiger partial charge in [-0.15, -0.1) is 12.3 Å². The molecule has 0 aliphatic rings. The van der Waals surface area contributed by atoms with E-state index in [1.54, 1.807) is 0 Å². The fraction of sp³-hybridized carbons (Fsp3) is 0.500. The summed E-state index contributed by atoms with van der Waals surface area (Å²) in [7, 11) is 0. The molecule has 5 heavy (non-hydrogen) atoms. The average molecular weight is 177 g/mol. The third kappa shape index (κ3) is 13.1. The summed E-state index contributed by atoms with van der Waals surface area (Å²) >= 11 is 0. The average Bonchev–Trinajstić information content (AvgIpc) is 1.37. The van der Waals surface area contributed by atoms with Crippen molar-refractivity contribution in [3.63, 3.8) is 0 Å². The minimum atomic E-state index is 0. The summed E-state index contributed by atoms with van der Waals surface area (Å²) < 4.78 is 0. The zero-order valence-electron chi connectivity index (χ0n) is 2.78. The molecule has 0 amide bonds. The van der Waals surface area contributed by atoms with Crippen LogP contribution < -0.4 is 0 Å². The molecule has 0 unspecified atom stereocenters. The van der Waals surface area contributed by atoms with Crippen LogP contribution in [0.5, 0.6) is 0 Å². The standard InChI is InChI=1S/C4H6.Sn.4H/c1-3-4-2;;;;;/h1H,4H2,2H3;;;;;. The van der Waals surface area contributed by atoms with Gasteiger partial charge in [-0.1, -0.05) is 6.92 Å². The van der Waals surface area contributed by atoms with Crippen LogP contribution in [0.25, 0.3) is 0 Å². The van der Waals surface area contributed by atoms with E-state index in [1.807, 2.05) is 6.92 Å². The van der Waals surface area contributed by atoms with E-state index in [0.29, 0.717) is 0 Å². The summed E-state index contributed by atoms with van der Waals surface area (Å²) in [6.07, 6.45) is 5.62. The van der Waals surface area contributed by atoms with Crippen LogP contribution in [0, 0.1) is 12.3 Å². The molecule has 0 aromatic rings. The molecular formula is C4H10Sn. The van der Waals surface area contributed by atoms with Gasteiger partial charge in [-0.2, -0.15) is 0 Å². The molecule has 0 aromatic carbocycles. The van der Waals surface area contributed by atoms with Gasteiger partial charge in [0.1, 0.15) is 0 Å². The van der Waals surface area contributed by atoms with E-state index < -0.39 is 0 Å². The van der Waals surface area contributed by atoms with Crippen molar-refractivity contribution in [1.82, 2.24) is 0 Å². The Kier molecular flexibility index (Phi) is 16.0. The maximum absolute atomic E-state index is 4.78. The molecule has 1 heteroatoms. The van der Waals surface area contributed by atoms with Gasteiger partial charge < -0.3 is 0 Å². The molecule has 0 rings (SSSR count). The van der Waals surface area contributed by atoms with Crippen molar-refractivity contribution in [2.75, 3.05) is 0 Å². The van der Waals surface area contributed by atoms with Crippen molar-refractivity contribution in [3.8, 4) is 12.3 Å². The summed E-state index contributed by atoms with van der Waals surface area (Å²) in [5.41, 5.74) is 0. The van der Waals surface area contributed by atoms with Crippen molar-refractivity contribution in [3.05, 3.63) is 0 Å². The number of hydrogen-bond donors (Lipinski definition) is 0. The predicted molar refractivity (Wildman–Crippen MR) is 30.5 cm³/mol. The van der Waals surface area contributed by atoms with Crippen LogP contribution in [0.15, 0.2) is 0 Å². The van der Waals surface area contributed by atoms with E-state index in [2.05, 4.69) is 5.92 Å². The summed E-state index contributed by atoms with van der Waals surface area (Å²) in [6, 6.07) is 0. The summed E-state index contributed by atoms with van der Waals surface area (Å²) in [6.45, 7) is 1.94. The zero-order valence-corrected chi connectivity index (χ0v) is 2.78. The topological polar surface area (TPSA) is 0 Å². The summed E-state index contributed by atoms with van der Waals surface area (Å²) in [5, 5.41) is 0. The normalized spacial score (nSPS) is 4.00. The Morgan fingerprint density at radius 1 is 1.80 bits per heavy atom. The van der Waals surface area contributed by atoms with E-state index in [4.69, 9.17) is 6.42 Å². The van der Waals surface area contributed by atoms with Crippen molar-refractivity contribution >= 4 is 23.9 Å². The first-order valence-electron chi connectivity index (χ1n) is 1.35. The van der Waals surface area contributed by atoms with Crippen LogP contribution in [0.3, 0.4) is 0 Å². The number of terminal acetylenes is 1.